The van der Waals surface area contributed by atoms with Crippen molar-refractivity contribution in [2.24, 2.45) is 5.41 Å². The van der Waals surface area contributed by atoms with Gasteiger partial charge in [-0.15, -0.1) is 0 Å². The van der Waals surface area contributed by atoms with Crippen LogP contribution in [0.1, 0.15) is 25.8 Å². The SMILES string of the molecule is C/C(=C/C(=O)N1CCC(C)(C(=O)O)C1)c1cccc(F)c1. The molecule has 1 aliphatic rings. The summed E-state index contributed by atoms with van der Waals surface area (Å²) in [6.45, 7) is 4.01. The molecule has 0 bridgehead atoms. The summed E-state index contributed by atoms with van der Waals surface area (Å²) in [6, 6.07) is 6.03. The van der Waals surface area contributed by atoms with Crippen molar-refractivity contribution in [3.63, 3.8) is 0 Å². The average molecular weight is 291 g/mol. The van der Waals surface area contributed by atoms with Gasteiger partial charge in [0.1, 0.15) is 5.82 Å². The van der Waals surface area contributed by atoms with Crippen molar-refractivity contribution in [3.8, 4) is 0 Å². The van der Waals surface area contributed by atoms with Crippen LogP contribution in [0.15, 0.2) is 30.3 Å². The van der Waals surface area contributed by atoms with Gasteiger partial charge in [0.25, 0.3) is 0 Å². The van der Waals surface area contributed by atoms with Crippen molar-refractivity contribution >= 4 is 17.4 Å². The largest absolute Gasteiger partial charge is 0.481 e. The van der Waals surface area contributed by atoms with Gasteiger partial charge in [-0.25, -0.2) is 4.39 Å². The Bertz CT molecular complexity index is 611. The number of carboxylic acids is 1. The number of benzene rings is 1. The van der Waals surface area contributed by atoms with Crippen molar-refractivity contribution in [2.45, 2.75) is 20.3 Å². The lowest BCUT2D eigenvalue weighted by atomic mass is 9.90. The molecule has 0 aliphatic carbocycles. The molecule has 0 radical (unpaired) electrons. The van der Waals surface area contributed by atoms with Crippen molar-refractivity contribution in [1.29, 1.82) is 0 Å². The number of nitrogens with zero attached hydrogens (tertiary/aromatic N) is 1. The van der Waals surface area contributed by atoms with Crippen molar-refractivity contribution in [3.05, 3.63) is 41.7 Å². The topological polar surface area (TPSA) is 57.6 Å². The van der Waals surface area contributed by atoms with Crippen LogP contribution in [-0.4, -0.2) is 35.0 Å². The quantitative estimate of drug-likeness (QED) is 0.871. The molecule has 1 atom stereocenters. The highest BCUT2D eigenvalue weighted by atomic mass is 19.1. The molecule has 112 valence electrons. The molecule has 1 unspecified atom stereocenters. The summed E-state index contributed by atoms with van der Waals surface area (Å²) < 4.78 is 13.2. The van der Waals surface area contributed by atoms with Gasteiger partial charge in [-0.2, -0.15) is 0 Å². The molecule has 1 amide bonds. The van der Waals surface area contributed by atoms with Gasteiger partial charge in [-0.1, -0.05) is 12.1 Å². The van der Waals surface area contributed by atoms with Gasteiger partial charge < -0.3 is 10.0 Å². The highest BCUT2D eigenvalue weighted by Gasteiger charge is 2.41. The van der Waals surface area contributed by atoms with E-state index in [4.69, 9.17) is 5.11 Å². The molecule has 5 heteroatoms. The average Bonchev–Trinajstić information content (AvgIpc) is 2.83. The molecule has 0 saturated carbocycles. The predicted octanol–water partition coefficient (Wildman–Crippen LogP) is 2.55. The Labute approximate surface area is 122 Å². The lowest BCUT2D eigenvalue weighted by molar-refractivity contribution is -0.147. The molecule has 1 fully saturated rings. The highest BCUT2D eigenvalue weighted by Crippen LogP contribution is 2.30. The third-order valence-corrected chi connectivity index (χ3v) is 3.92. The number of carbonyl (C=O) groups is 2. The number of hydrogen-bond donors (Lipinski definition) is 1. The van der Waals surface area contributed by atoms with Crippen molar-refractivity contribution in [1.82, 2.24) is 4.90 Å². The third kappa shape index (κ3) is 3.29. The molecule has 1 N–H and O–H groups in total. The fraction of sp³-hybridized carbons (Fsp3) is 0.375. The number of rotatable bonds is 3. The van der Waals surface area contributed by atoms with Crippen LogP contribution in [0, 0.1) is 11.2 Å². The van der Waals surface area contributed by atoms with E-state index >= 15 is 0 Å². The van der Waals surface area contributed by atoms with Crippen LogP contribution in [0.5, 0.6) is 0 Å². The zero-order chi connectivity index (χ0) is 15.6. The molecule has 1 saturated heterocycles. The Balaban J connectivity index is 2.11. The van der Waals surface area contributed by atoms with E-state index in [0.717, 1.165) is 0 Å². The van der Waals surface area contributed by atoms with Crippen LogP contribution in [0.4, 0.5) is 4.39 Å². The van der Waals surface area contributed by atoms with E-state index in [-0.39, 0.29) is 18.3 Å². The normalized spacial score (nSPS) is 22.4. The standard InChI is InChI=1S/C16H18FNO3/c1-11(12-4-3-5-13(17)9-12)8-14(19)18-7-6-16(2,10-18)15(20)21/h3-5,8-9H,6-7,10H2,1-2H3,(H,20,21)/b11-8-. The van der Waals surface area contributed by atoms with E-state index in [2.05, 4.69) is 0 Å². The van der Waals surface area contributed by atoms with Gasteiger partial charge >= 0.3 is 5.97 Å². The summed E-state index contributed by atoms with van der Waals surface area (Å²) >= 11 is 0. The first-order valence-electron chi connectivity index (χ1n) is 6.78. The smallest absolute Gasteiger partial charge is 0.311 e. The molecule has 1 heterocycles. The first kappa shape index (κ1) is 15.2. The zero-order valence-corrected chi connectivity index (χ0v) is 12.1. The molecule has 1 aromatic carbocycles. The molecular weight excluding hydrogens is 273 g/mol. The summed E-state index contributed by atoms with van der Waals surface area (Å²) in [5.74, 6) is -1.47. The second-order valence-electron chi connectivity index (χ2n) is 5.71. The summed E-state index contributed by atoms with van der Waals surface area (Å²) in [5, 5.41) is 9.17. The lowest BCUT2D eigenvalue weighted by Gasteiger charge is -2.19. The number of aliphatic carboxylic acids is 1. The second kappa shape index (κ2) is 5.68. The number of likely N-dealkylation sites (tertiary alicyclic amines) is 1. The molecule has 0 aromatic heterocycles. The maximum Gasteiger partial charge on any atom is 0.311 e. The van der Waals surface area contributed by atoms with E-state index in [0.29, 0.717) is 24.1 Å². The van der Waals surface area contributed by atoms with E-state index in [1.54, 1.807) is 26.0 Å². The van der Waals surface area contributed by atoms with Crippen LogP contribution < -0.4 is 0 Å². The first-order valence-corrected chi connectivity index (χ1v) is 6.78. The summed E-state index contributed by atoms with van der Waals surface area (Å²) in [5.41, 5.74) is 0.419. The van der Waals surface area contributed by atoms with E-state index < -0.39 is 11.4 Å². The van der Waals surface area contributed by atoms with Crippen LogP contribution >= 0.6 is 0 Å². The lowest BCUT2D eigenvalue weighted by Crippen LogP contribution is -2.34. The molecular formula is C16H18FNO3. The number of carboxylic acid groups (broad SMARTS) is 1. The zero-order valence-electron chi connectivity index (χ0n) is 12.1. The van der Waals surface area contributed by atoms with Gasteiger partial charge in [-0.3, -0.25) is 9.59 Å². The minimum absolute atomic E-state index is 0.202. The fourth-order valence-corrected chi connectivity index (χ4v) is 2.42. The fourth-order valence-electron chi connectivity index (χ4n) is 2.42. The minimum Gasteiger partial charge on any atom is -0.481 e. The van der Waals surface area contributed by atoms with E-state index in [1.165, 1.54) is 23.1 Å². The molecule has 2 rings (SSSR count). The van der Waals surface area contributed by atoms with E-state index in [9.17, 15) is 14.0 Å². The molecule has 4 nitrogen and oxygen atoms in total. The number of amides is 1. The molecule has 0 spiro atoms. The van der Waals surface area contributed by atoms with Gasteiger partial charge in [0.05, 0.1) is 5.41 Å². The summed E-state index contributed by atoms with van der Waals surface area (Å²) in [7, 11) is 0. The first-order chi connectivity index (χ1) is 9.82. The highest BCUT2D eigenvalue weighted by molar-refractivity contribution is 5.95. The maximum atomic E-state index is 13.2. The molecule has 1 aromatic rings. The molecule has 21 heavy (non-hydrogen) atoms. The van der Waals surface area contributed by atoms with Gasteiger partial charge in [-0.05, 0) is 43.5 Å². The van der Waals surface area contributed by atoms with Crippen molar-refractivity contribution in [2.75, 3.05) is 13.1 Å². The predicted molar refractivity (Wildman–Crippen MR) is 77.0 cm³/mol. The van der Waals surface area contributed by atoms with Crippen molar-refractivity contribution < 1.29 is 19.1 Å². The van der Waals surface area contributed by atoms with E-state index in [1.807, 2.05) is 0 Å². The van der Waals surface area contributed by atoms with Crippen LogP contribution in [-0.2, 0) is 9.59 Å². The molecule has 1 aliphatic heterocycles. The monoisotopic (exact) mass is 291 g/mol. The Morgan fingerprint density at radius 3 is 2.71 bits per heavy atom. The number of carbonyl (C=O) groups excluding carboxylic acids is 1. The Kier molecular flexibility index (Phi) is 4.11. The Hall–Kier alpha value is -2.17. The van der Waals surface area contributed by atoms with Gasteiger partial charge in [0.15, 0.2) is 0 Å². The number of allylic oxidation sites excluding steroid dienone is 1. The van der Waals surface area contributed by atoms with Gasteiger partial charge in [0.2, 0.25) is 5.91 Å². The van der Waals surface area contributed by atoms with Crippen LogP contribution in [0.3, 0.4) is 0 Å². The maximum absolute atomic E-state index is 13.2. The Morgan fingerprint density at radius 1 is 1.43 bits per heavy atom. The Morgan fingerprint density at radius 2 is 2.14 bits per heavy atom. The summed E-state index contributed by atoms with van der Waals surface area (Å²) in [6.07, 6.45) is 1.88. The second-order valence-corrected chi connectivity index (χ2v) is 5.71. The third-order valence-electron chi connectivity index (χ3n) is 3.92. The summed E-state index contributed by atoms with van der Waals surface area (Å²) in [4.78, 5) is 24.9. The number of halogens is 1. The minimum atomic E-state index is -0.886. The van der Waals surface area contributed by atoms with Crippen LogP contribution in [0.25, 0.3) is 5.57 Å². The van der Waals surface area contributed by atoms with Gasteiger partial charge in [0, 0.05) is 19.2 Å². The number of hydrogen-bond acceptors (Lipinski definition) is 2. The van der Waals surface area contributed by atoms with Crippen LogP contribution in [0.2, 0.25) is 0 Å².